The molecule has 1 saturated heterocycles. The van der Waals surface area contributed by atoms with E-state index >= 15 is 0 Å². The first-order valence-electron chi connectivity index (χ1n) is 5.24. The van der Waals surface area contributed by atoms with Crippen molar-refractivity contribution in [1.29, 1.82) is 0 Å². The summed E-state index contributed by atoms with van der Waals surface area (Å²) < 4.78 is 23.8. The molecule has 1 aliphatic rings. The highest BCUT2D eigenvalue weighted by molar-refractivity contribution is 5.81. The lowest BCUT2D eigenvalue weighted by atomic mass is 10.00. The molecular formula is C10H12F2N4O. The summed E-state index contributed by atoms with van der Waals surface area (Å²) in [5.74, 6) is -0.0274. The zero-order chi connectivity index (χ0) is 12.3. The minimum Gasteiger partial charge on any atom is -0.350 e. The fourth-order valence-electron chi connectivity index (χ4n) is 1.58. The molecular weight excluding hydrogens is 230 g/mol. The molecule has 1 aliphatic heterocycles. The van der Waals surface area contributed by atoms with E-state index in [-0.39, 0.29) is 11.8 Å². The number of halogens is 2. The van der Waals surface area contributed by atoms with Crippen LogP contribution in [-0.4, -0.2) is 41.9 Å². The molecule has 1 N–H and O–H groups in total. The first-order valence-corrected chi connectivity index (χ1v) is 5.24. The molecule has 0 spiro atoms. The van der Waals surface area contributed by atoms with Gasteiger partial charge in [0, 0.05) is 25.5 Å². The van der Waals surface area contributed by atoms with E-state index in [4.69, 9.17) is 0 Å². The number of amides is 1. The molecule has 2 heterocycles. The molecule has 5 nitrogen and oxygen atoms in total. The molecule has 0 saturated carbocycles. The van der Waals surface area contributed by atoms with Gasteiger partial charge >= 0.3 is 0 Å². The lowest BCUT2D eigenvalue weighted by Gasteiger charge is -2.37. The van der Waals surface area contributed by atoms with Crippen molar-refractivity contribution in [2.75, 3.05) is 24.5 Å². The number of hydrogen-bond acceptors (Lipinski definition) is 4. The van der Waals surface area contributed by atoms with Crippen LogP contribution in [0, 0.1) is 5.92 Å². The number of anilines is 1. The predicted octanol–water partition coefficient (Wildman–Crippen LogP) is 0.294. The standard InChI is InChI=1S/C10H12F2N4O/c11-8(12)4-15-9(17)7-5-16(6-7)10-13-2-1-3-14-10/h1-3,7-8H,4-6H2,(H,15,17). The highest BCUT2D eigenvalue weighted by Crippen LogP contribution is 2.20. The van der Waals surface area contributed by atoms with Gasteiger partial charge in [0.15, 0.2) is 0 Å². The van der Waals surface area contributed by atoms with E-state index in [0.29, 0.717) is 19.0 Å². The molecule has 0 aliphatic carbocycles. The van der Waals surface area contributed by atoms with Gasteiger partial charge in [-0.2, -0.15) is 0 Å². The average Bonchev–Trinajstić information content (AvgIpc) is 2.26. The number of rotatable bonds is 4. The monoisotopic (exact) mass is 242 g/mol. The Labute approximate surface area is 96.9 Å². The van der Waals surface area contributed by atoms with Gasteiger partial charge in [0.1, 0.15) is 0 Å². The summed E-state index contributed by atoms with van der Waals surface area (Å²) in [7, 11) is 0. The second-order valence-corrected chi connectivity index (χ2v) is 3.79. The topological polar surface area (TPSA) is 58.1 Å². The van der Waals surface area contributed by atoms with Crippen LogP contribution in [0.5, 0.6) is 0 Å². The molecule has 92 valence electrons. The van der Waals surface area contributed by atoms with Crippen molar-refractivity contribution in [3.63, 3.8) is 0 Å². The van der Waals surface area contributed by atoms with Crippen molar-refractivity contribution in [3.8, 4) is 0 Å². The second kappa shape index (κ2) is 5.03. The van der Waals surface area contributed by atoms with Crippen LogP contribution >= 0.6 is 0 Å². The first-order chi connectivity index (χ1) is 8.16. The van der Waals surface area contributed by atoms with Crippen molar-refractivity contribution in [2.24, 2.45) is 5.92 Å². The molecule has 7 heteroatoms. The lowest BCUT2D eigenvalue weighted by molar-refractivity contribution is -0.126. The van der Waals surface area contributed by atoms with E-state index in [2.05, 4.69) is 15.3 Å². The van der Waals surface area contributed by atoms with Gasteiger partial charge in [-0.1, -0.05) is 0 Å². The number of aromatic nitrogens is 2. The number of carbonyl (C=O) groups excluding carboxylic acids is 1. The number of hydrogen-bond donors (Lipinski definition) is 1. The predicted molar refractivity (Wildman–Crippen MR) is 56.7 cm³/mol. The van der Waals surface area contributed by atoms with E-state index in [1.807, 2.05) is 4.90 Å². The van der Waals surface area contributed by atoms with E-state index in [1.54, 1.807) is 18.5 Å². The van der Waals surface area contributed by atoms with Crippen LogP contribution in [0.2, 0.25) is 0 Å². The van der Waals surface area contributed by atoms with E-state index in [0.717, 1.165) is 0 Å². The summed E-state index contributed by atoms with van der Waals surface area (Å²) in [5.41, 5.74) is 0. The molecule has 0 unspecified atom stereocenters. The summed E-state index contributed by atoms with van der Waals surface area (Å²) in [6.07, 6.45) is 0.728. The highest BCUT2D eigenvalue weighted by Gasteiger charge is 2.34. The fourth-order valence-corrected chi connectivity index (χ4v) is 1.58. The molecule has 2 rings (SSSR count). The summed E-state index contributed by atoms with van der Waals surface area (Å²) in [6, 6.07) is 1.70. The fraction of sp³-hybridized carbons (Fsp3) is 0.500. The number of carbonyl (C=O) groups is 1. The van der Waals surface area contributed by atoms with Gasteiger partial charge in [0.05, 0.1) is 12.5 Å². The Morgan fingerprint density at radius 1 is 1.47 bits per heavy atom. The quantitative estimate of drug-likeness (QED) is 0.824. The minimum atomic E-state index is -2.51. The Morgan fingerprint density at radius 3 is 2.71 bits per heavy atom. The number of nitrogens with one attached hydrogen (secondary N) is 1. The van der Waals surface area contributed by atoms with Crippen LogP contribution in [0.25, 0.3) is 0 Å². The normalized spacial score (nSPS) is 15.8. The summed E-state index contributed by atoms with van der Waals surface area (Å²) >= 11 is 0. The molecule has 0 atom stereocenters. The summed E-state index contributed by atoms with van der Waals surface area (Å²) in [4.78, 5) is 21.3. The van der Waals surface area contributed by atoms with Gasteiger partial charge in [-0.25, -0.2) is 18.7 Å². The van der Waals surface area contributed by atoms with Crippen molar-refractivity contribution >= 4 is 11.9 Å². The molecule has 1 aromatic rings. The van der Waals surface area contributed by atoms with Crippen molar-refractivity contribution in [3.05, 3.63) is 18.5 Å². The third-order valence-electron chi connectivity index (χ3n) is 2.52. The van der Waals surface area contributed by atoms with Crippen LogP contribution in [0.1, 0.15) is 0 Å². The van der Waals surface area contributed by atoms with Gasteiger partial charge in [-0.15, -0.1) is 0 Å². The molecule has 0 bridgehead atoms. The summed E-state index contributed by atoms with van der Waals surface area (Å²) in [6.45, 7) is 0.356. The zero-order valence-electron chi connectivity index (χ0n) is 9.01. The number of nitrogens with zero attached hydrogens (tertiary/aromatic N) is 3. The lowest BCUT2D eigenvalue weighted by Crippen LogP contribution is -2.54. The smallest absolute Gasteiger partial charge is 0.255 e. The Hall–Kier alpha value is -1.79. The molecule has 0 aromatic carbocycles. The van der Waals surface area contributed by atoms with E-state index in [9.17, 15) is 13.6 Å². The van der Waals surface area contributed by atoms with Crippen LogP contribution in [0.3, 0.4) is 0 Å². The molecule has 17 heavy (non-hydrogen) atoms. The van der Waals surface area contributed by atoms with Crippen LogP contribution in [0.4, 0.5) is 14.7 Å². The second-order valence-electron chi connectivity index (χ2n) is 3.79. The van der Waals surface area contributed by atoms with Crippen LogP contribution in [-0.2, 0) is 4.79 Å². The Balaban J connectivity index is 1.77. The third kappa shape index (κ3) is 2.86. The first kappa shape index (κ1) is 11.7. The molecule has 1 fully saturated rings. The van der Waals surface area contributed by atoms with Gasteiger partial charge in [0.25, 0.3) is 6.43 Å². The van der Waals surface area contributed by atoms with Crippen molar-refractivity contribution in [2.45, 2.75) is 6.43 Å². The van der Waals surface area contributed by atoms with Gasteiger partial charge in [-0.3, -0.25) is 4.79 Å². The Kier molecular flexibility index (Phi) is 3.46. The Morgan fingerprint density at radius 2 is 2.12 bits per heavy atom. The average molecular weight is 242 g/mol. The Bertz CT molecular complexity index is 381. The van der Waals surface area contributed by atoms with Crippen molar-refractivity contribution in [1.82, 2.24) is 15.3 Å². The van der Waals surface area contributed by atoms with Crippen LogP contribution in [0.15, 0.2) is 18.5 Å². The largest absolute Gasteiger partial charge is 0.350 e. The van der Waals surface area contributed by atoms with E-state index < -0.39 is 13.0 Å². The summed E-state index contributed by atoms with van der Waals surface area (Å²) in [5, 5.41) is 2.20. The minimum absolute atomic E-state index is 0.252. The maximum absolute atomic E-state index is 11.9. The number of alkyl halides is 2. The molecule has 1 amide bonds. The maximum atomic E-state index is 11.9. The van der Waals surface area contributed by atoms with E-state index in [1.165, 1.54) is 0 Å². The molecule has 0 radical (unpaired) electrons. The van der Waals surface area contributed by atoms with Crippen molar-refractivity contribution < 1.29 is 13.6 Å². The molecule has 1 aromatic heterocycles. The highest BCUT2D eigenvalue weighted by atomic mass is 19.3. The van der Waals surface area contributed by atoms with Crippen LogP contribution < -0.4 is 10.2 Å². The third-order valence-corrected chi connectivity index (χ3v) is 2.52. The SMILES string of the molecule is O=C(NCC(F)F)C1CN(c2ncccn2)C1. The van der Waals surface area contributed by atoms with Gasteiger partial charge in [0.2, 0.25) is 11.9 Å². The maximum Gasteiger partial charge on any atom is 0.255 e. The zero-order valence-corrected chi connectivity index (χ0v) is 9.01. The van der Waals surface area contributed by atoms with Gasteiger partial charge < -0.3 is 10.2 Å². The van der Waals surface area contributed by atoms with Gasteiger partial charge in [-0.05, 0) is 6.07 Å².